The molecule has 0 bridgehead atoms. The van der Waals surface area contributed by atoms with Crippen molar-refractivity contribution in [2.75, 3.05) is 18.5 Å². The first-order valence-corrected chi connectivity index (χ1v) is 7.27. The van der Waals surface area contributed by atoms with Gasteiger partial charge >= 0.3 is 6.03 Å². The lowest BCUT2D eigenvalue weighted by atomic mass is 10.1. The van der Waals surface area contributed by atoms with Gasteiger partial charge in [0.25, 0.3) is 0 Å². The summed E-state index contributed by atoms with van der Waals surface area (Å²) >= 11 is 0. The van der Waals surface area contributed by atoms with E-state index in [9.17, 15) is 4.79 Å². The Morgan fingerprint density at radius 3 is 3.05 bits per heavy atom. The number of anilines is 1. The highest BCUT2D eigenvalue weighted by Gasteiger charge is 2.29. The maximum absolute atomic E-state index is 12.4. The summed E-state index contributed by atoms with van der Waals surface area (Å²) in [7, 11) is 0. The van der Waals surface area contributed by atoms with Crippen LogP contribution in [0.15, 0.2) is 12.3 Å². The molecule has 0 aliphatic carbocycles. The van der Waals surface area contributed by atoms with Crippen LogP contribution in [0.2, 0.25) is 0 Å². The molecular weight excluding hydrogens is 256 g/mol. The maximum atomic E-state index is 12.4. The Morgan fingerprint density at radius 1 is 1.60 bits per heavy atom. The number of hydrogen-bond donors (Lipinski definition) is 1. The van der Waals surface area contributed by atoms with E-state index < -0.39 is 0 Å². The first kappa shape index (κ1) is 14.8. The van der Waals surface area contributed by atoms with Crippen molar-refractivity contribution in [3.63, 3.8) is 0 Å². The monoisotopic (exact) mass is 280 g/mol. The van der Waals surface area contributed by atoms with Crippen molar-refractivity contribution in [2.24, 2.45) is 0 Å². The van der Waals surface area contributed by atoms with Crippen LogP contribution in [0, 0.1) is 0 Å². The van der Waals surface area contributed by atoms with E-state index in [-0.39, 0.29) is 24.2 Å². The van der Waals surface area contributed by atoms with E-state index in [1.165, 1.54) is 0 Å². The highest BCUT2D eigenvalue weighted by atomic mass is 16.5. The highest BCUT2D eigenvalue weighted by Crippen LogP contribution is 2.19. The third-order valence-corrected chi connectivity index (χ3v) is 4.06. The molecule has 0 spiro atoms. The van der Waals surface area contributed by atoms with Crippen molar-refractivity contribution >= 4 is 11.8 Å². The van der Waals surface area contributed by atoms with Crippen molar-refractivity contribution < 1.29 is 9.53 Å². The van der Waals surface area contributed by atoms with Crippen molar-refractivity contribution in [3.8, 4) is 0 Å². The number of nitrogens with zero attached hydrogens (tertiary/aromatic N) is 3. The third kappa shape index (κ3) is 2.95. The van der Waals surface area contributed by atoms with E-state index in [4.69, 9.17) is 4.74 Å². The van der Waals surface area contributed by atoms with Gasteiger partial charge < -0.3 is 9.64 Å². The molecule has 2 amide bonds. The summed E-state index contributed by atoms with van der Waals surface area (Å²) in [5.41, 5.74) is 0. The molecule has 0 radical (unpaired) electrons. The molecule has 20 heavy (non-hydrogen) atoms. The number of aromatic nitrogens is 2. The van der Waals surface area contributed by atoms with Crippen molar-refractivity contribution in [3.05, 3.63) is 12.3 Å². The average molecular weight is 280 g/mol. The largest absolute Gasteiger partial charge is 0.375 e. The van der Waals surface area contributed by atoms with Crippen molar-refractivity contribution in [2.45, 2.75) is 52.3 Å². The maximum Gasteiger partial charge on any atom is 0.323 e. The zero-order chi connectivity index (χ0) is 14.7. The van der Waals surface area contributed by atoms with Crippen molar-refractivity contribution in [1.29, 1.82) is 0 Å². The molecule has 0 aromatic carbocycles. The molecule has 1 aromatic rings. The van der Waals surface area contributed by atoms with Gasteiger partial charge in [-0.15, -0.1) is 0 Å². The standard InChI is InChI=1S/C14H24N4O2/c1-5-10(2)18-13(6-7-15-18)16-14(19)17-8-9-20-12(4)11(17)3/h6-7,10-12H,5,8-9H2,1-4H3,(H,16,19)/t10-,11+,12+/m0/s1. The molecule has 6 nitrogen and oxygen atoms in total. The number of carbonyl (C=O) groups is 1. The summed E-state index contributed by atoms with van der Waals surface area (Å²) in [6.07, 6.45) is 2.75. The molecule has 2 rings (SSSR count). The molecule has 1 aliphatic rings. The zero-order valence-corrected chi connectivity index (χ0v) is 12.7. The molecule has 6 heteroatoms. The van der Waals surface area contributed by atoms with E-state index >= 15 is 0 Å². The van der Waals surface area contributed by atoms with Crippen LogP contribution >= 0.6 is 0 Å². The molecule has 1 fully saturated rings. The van der Waals surface area contributed by atoms with Crippen LogP contribution in [0.4, 0.5) is 10.6 Å². The first-order chi connectivity index (χ1) is 9.54. The summed E-state index contributed by atoms with van der Waals surface area (Å²) in [5, 5.41) is 7.24. The van der Waals surface area contributed by atoms with Gasteiger partial charge in [0, 0.05) is 12.6 Å². The van der Waals surface area contributed by atoms with E-state index in [0.29, 0.717) is 13.2 Å². The van der Waals surface area contributed by atoms with Crippen molar-refractivity contribution in [1.82, 2.24) is 14.7 Å². The van der Waals surface area contributed by atoms with E-state index in [1.807, 2.05) is 29.5 Å². The lowest BCUT2D eigenvalue weighted by Crippen LogP contribution is -2.52. The minimum absolute atomic E-state index is 0.0639. The number of morpholine rings is 1. The van der Waals surface area contributed by atoms with Gasteiger partial charge in [-0.05, 0) is 27.2 Å². The second kappa shape index (κ2) is 6.26. The number of amides is 2. The highest BCUT2D eigenvalue weighted by molar-refractivity contribution is 5.88. The molecular formula is C14H24N4O2. The van der Waals surface area contributed by atoms with E-state index in [2.05, 4.69) is 24.3 Å². The number of hydrogen-bond acceptors (Lipinski definition) is 3. The predicted octanol–water partition coefficient (Wildman–Crippen LogP) is 2.50. The van der Waals surface area contributed by atoms with Crippen LogP contribution in [0.5, 0.6) is 0 Å². The molecule has 1 aliphatic heterocycles. The van der Waals surface area contributed by atoms with Gasteiger partial charge in [-0.1, -0.05) is 6.92 Å². The fourth-order valence-corrected chi connectivity index (χ4v) is 2.34. The summed E-state index contributed by atoms with van der Waals surface area (Å²) < 4.78 is 7.40. The average Bonchev–Trinajstić information content (AvgIpc) is 2.89. The van der Waals surface area contributed by atoms with Gasteiger partial charge in [0.15, 0.2) is 0 Å². The second-order valence-electron chi connectivity index (χ2n) is 5.36. The Bertz CT molecular complexity index is 460. The summed E-state index contributed by atoms with van der Waals surface area (Å²) in [4.78, 5) is 14.2. The minimum Gasteiger partial charge on any atom is -0.375 e. The number of carbonyl (C=O) groups excluding carboxylic acids is 1. The van der Waals surface area contributed by atoms with Crippen LogP contribution < -0.4 is 5.32 Å². The van der Waals surface area contributed by atoms with Crippen LogP contribution in [0.25, 0.3) is 0 Å². The van der Waals surface area contributed by atoms with Crippen LogP contribution in [-0.4, -0.2) is 46.0 Å². The quantitative estimate of drug-likeness (QED) is 0.925. The van der Waals surface area contributed by atoms with E-state index in [1.54, 1.807) is 6.20 Å². The fourth-order valence-electron chi connectivity index (χ4n) is 2.34. The Kier molecular flexibility index (Phi) is 4.65. The lowest BCUT2D eigenvalue weighted by Gasteiger charge is -2.37. The summed E-state index contributed by atoms with van der Waals surface area (Å²) in [6.45, 7) is 9.40. The molecule has 2 heterocycles. The number of urea groups is 1. The molecule has 0 unspecified atom stereocenters. The summed E-state index contributed by atoms with van der Waals surface area (Å²) in [6, 6.07) is 2.08. The van der Waals surface area contributed by atoms with Crippen LogP contribution in [0.1, 0.15) is 40.2 Å². The second-order valence-corrected chi connectivity index (χ2v) is 5.36. The Balaban J connectivity index is 2.06. The summed E-state index contributed by atoms with van der Waals surface area (Å²) in [5.74, 6) is 0.746. The Hall–Kier alpha value is -1.56. The first-order valence-electron chi connectivity index (χ1n) is 7.27. The number of rotatable bonds is 3. The zero-order valence-electron chi connectivity index (χ0n) is 12.7. The normalized spacial score (nSPS) is 24.5. The molecule has 1 N–H and O–H groups in total. The van der Waals surface area contributed by atoms with Gasteiger partial charge in [-0.25, -0.2) is 9.48 Å². The molecule has 3 atom stereocenters. The van der Waals surface area contributed by atoms with Gasteiger partial charge in [-0.3, -0.25) is 5.32 Å². The molecule has 1 saturated heterocycles. The third-order valence-electron chi connectivity index (χ3n) is 4.06. The number of nitrogens with one attached hydrogen (secondary N) is 1. The fraction of sp³-hybridized carbons (Fsp3) is 0.714. The Morgan fingerprint density at radius 2 is 2.35 bits per heavy atom. The molecule has 0 saturated carbocycles. The minimum atomic E-state index is -0.0855. The van der Waals surface area contributed by atoms with Gasteiger partial charge in [0.1, 0.15) is 5.82 Å². The predicted molar refractivity (Wildman–Crippen MR) is 77.8 cm³/mol. The molecule has 112 valence electrons. The lowest BCUT2D eigenvalue weighted by molar-refractivity contribution is -0.0355. The van der Waals surface area contributed by atoms with Gasteiger partial charge in [-0.2, -0.15) is 5.10 Å². The molecule has 1 aromatic heterocycles. The smallest absolute Gasteiger partial charge is 0.323 e. The van der Waals surface area contributed by atoms with Gasteiger partial charge in [0.2, 0.25) is 0 Å². The van der Waals surface area contributed by atoms with E-state index in [0.717, 1.165) is 12.2 Å². The number of ether oxygens (including phenoxy) is 1. The van der Waals surface area contributed by atoms with Crippen LogP contribution in [0.3, 0.4) is 0 Å². The van der Waals surface area contributed by atoms with Gasteiger partial charge in [0.05, 0.1) is 31.0 Å². The Labute approximate surface area is 120 Å². The SMILES string of the molecule is CC[C@H](C)n1nccc1NC(=O)N1CCO[C@H](C)[C@H]1C. The van der Waals surface area contributed by atoms with Crippen LogP contribution in [-0.2, 0) is 4.74 Å². The topological polar surface area (TPSA) is 59.4 Å².